The Morgan fingerprint density at radius 1 is 1.03 bits per heavy atom. The quantitative estimate of drug-likeness (QED) is 0.499. The van der Waals surface area contributed by atoms with Crippen molar-refractivity contribution in [1.29, 1.82) is 10.5 Å². The van der Waals surface area contributed by atoms with Gasteiger partial charge in [-0.15, -0.1) is 0 Å². The van der Waals surface area contributed by atoms with Crippen LogP contribution in [0.2, 0.25) is 0 Å². The van der Waals surface area contributed by atoms with Crippen LogP contribution in [-0.4, -0.2) is 25.0 Å². The van der Waals surface area contributed by atoms with Gasteiger partial charge < -0.3 is 9.64 Å². The molecule has 35 heavy (non-hydrogen) atoms. The van der Waals surface area contributed by atoms with Gasteiger partial charge in [0, 0.05) is 5.56 Å². The Kier molecular flexibility index (Phi) is 5.55. The number of hydrogen-bond acceptors (Lipinski definition) is 5. The molecule has 2 heterocycles. The second kappa shape index (κ2) is 8.70. The molecule has 1 fully saturated rings. The Hall–Kier alpha value is -4.49. The summed E-state index contributed by atoms with van der Waals surface area (Å²) >= 11 is 0. The van der Waals surface area contributed by atoms with Crippen molar-refractivity contribution >= 4 is 17.5 Å². The summed E-state index contributed by atoms with van der Waals surface area (Å²) in [4.78, 5) is 18.8. The summed E-state index contributed by atoms with van der Waals surface area (Å²) in [6.45, 7) is 1.67. The Bertz CT molecular complexity index is 1400. The summed E-state index contributed by atoms with van der Waals surface area (Å²) in [7, 11) is 0. The highest BCUT2D eigenvalue weighted by Crippen LogP contribution is 2.61. The molecule has 0 bridgehead atoms. The highest BCUT2D eigenvalue weighted by atomic mass is 19.1. The van der Waals surface area contributed by atoms with Gasteiger partial charge in [-0.05, 0) is 41.8 Å². The Morgan fingerprint density at radius 3 is 2.37 bits per heavy atom. The number of carbonyl (C=O) groups is 1. The maximum atomic E-state index is 13.8. The maximum Gasteiger partial charge on any atom is 0.327 e. The molecule has 0 radical (unpaired) electrons. The summed E-state index contributed by atoms with van der Waals surface area (Å²) in [5.74, 6) is -1.35. The number of rotatable bonds is 4. The summed E-state index contributed by atoms with van der Waals surface area (Å²) < 4.78 is 18.9. The van der Waals surface area contributed by atoms with Crippen LogP contribution < -0.4 is 4.90 Å². The fraction of sp³-hybridized carbons (Fsp3) is 0.214. The van der Waals surface area contributed by atoms with Crippen molar-refractivity contribution in [1.82, 2.24) is 0 Å². The lowest BCUT2D eigenvalue weighted by Gasteiger charge is -2.37. The van der Waals surface area contributed by atoms with Crippen molar-refractivity contribution in [3.8, 4) is 23.3 Å². The van der Waals surface area contributed by atoms with Crippen LogP contribution in [0.4, 0.5) is 10.1 Å². The van der Waals surface area contributed by atoms with Crippen LogP contribution in [0.15, 0.2) is 77.8 Å². The van der Waals surface area contributed by atoms with E-state index < -0.39 is 29.2 Å². The fourth-order valence-electron chi connectivity index (χ4n) is 5.24. The highest BCUT2D eigenvalue weighted by molar-refractivity contribution is 6.11. The van der Waals surface area contributed by atoms with Crippen LogP contribution in [0, 0.1) is 33.9 Å². The van der Waals surface area contributed by atoms with E-state index in [1.165, 1.54) is 12.1 Å². The zero-order valence-corrected chi connectivity index (χ0v) is 19.0. The zero-order valence-electron chi connectivity index (χ0n) is 19.0. The predicted molar refractivity (Wildman–Crippen MR) is 129 cm³/mol. The number of fused-ring (bicyclic) bond motifs is 6. The first-order valence-corrected chi connectivity index (χ1v) is 11.3. The van der Waals surface area contributed by atoms with E-state index in [4.69, 9.17) is 4.74 Å². The van der Waals surface area contributed by atoms with Gasteiger partial charge in [0.1, 0.15) is 18.2 Å². The van der Waals surface area contributed by atoms with E-state index in [1.54, 1.807) is 19.1 Å². The molecule has 172 valence electrons. The maximum absolute atomic E-state index is 13.8. The molecule has 0 spiro atoms. The number of hydrogen-bond donors (Lipinski definition) is 0. The number of aliphatic imine (C=N–C) groups is 1. The van der Waals surface area contributed by atoms with E-state index in [0.29, 0.717) is 11.4 Å². The van der Waals surface area contributed by atoms with Gasteiger partial charge in [0.2, 0.25) is 0 Å². The summed E-state index contributed by atoms with van der Waals surface area (Å²) in [5, 5.41) is 21.1. The molecule has 7 heteroatoms. The minimum absolute atomic E-state index is 0.216. The Labute approximate surface area is 202 Å². The van der Waals surface area contributed by atoms with Gasteiger partial charge in [-0.3, -0.25) is 9.79 Å². The molecule has 2 atom stereocenters. The van der Waals surface area contributed by atoms with Crippen molar-refractivity contribution in [3.05, 3.63) is 89.7 Å². The molecule has 2 aliphatic heterocycles. The molecule has 2 aliphatic rings. The molecular formula is C28H21FN4O2. The number of halogens is 1. The van der Waals surface area contributed by atoms with Gasteiger partial charge in [-0.2, -0.15) is 10.5 Å². The fourth-order valence-corrected chi connectivity index (χ4v) is 5.24. The molecule has 1 saturated heterocycles. The van der Waals surface area contributed by atoms with Gasteiger partial charge in [0.05, 0.1) is 36.4 Å². The number of ether oxygens (including phenoxy) is 1. The average molecular weight is 465 g/mol. The van der Waals surface area contributed by atoms with Crippen LogP contribution in [0.5, 0.6) is 0 Å². The molecule has 0 aromatic heterocycles. The third-order valence-electron chi connectivity index (χ3n) is 6.61. The van der Waals surface area contributed by atoms with E-state index in [-0.39, 0.29) is 13.2 Å². The van der Waals surface area contributed by atoms with E-state index in [2.05, 4.69) is 17.1 Å². The summed E-state index contributed by atoms with van der Waals surface area (Å²) in [6, 6.07) is 25.1. The SMILES string of the molecule is CCOC(=O)CN=C1[C@H](c2ccc(F)cc2)C(C#N)(C#N)[C@H]2c3ccccc3-c3ccccc3N12. The van der Waals surface area contributed by atoms with Crippen molar-refractivity contribution < 1.29 is 13.9 Å². The van der Waals surface area contributed by atoms with Crippen molar-refractivity contribution in [2.75, 3.05) is 18.1 Å². The molecule has 3 aromatic carbocycles. The lowest BCUT2D eigenvalue weighted by molar-refractivity contribution is -0.141. The van der Waals surface area contributed by atoms with Crippen LogP contribution >= 0.6 is 0 Å². The van der Waals surface area contributed by atoms with Gasteiger partial charge >= 0.3 is 5.97 Å². The standard InChI is InChI=1S/C28H21FN4O2/c1-2-35-24(34)15-32-27-25(18-11-13-19(29)14-12-18)28(16-30,17-31)26-22-9-4-3-7-20(22)21-8-5-6-10-23(21)33(26)27/h3-14,25-26H,2,15H2,1H3/t25-,26+/m0/s1. The Morgan fingerprint density at radius 2 is 1.69 bits per heavy atom. The lowest BCUT2D eigenvalue weighted by Crippen LogP contribution is -2.35. The van der Waals surface area contributed by atoms with Gasteiger partial charge in [0.15, 0.2) is 5.41 Å². The number of nitrogens with zero attached hydrogens (tertiary/aromatic N) is 4. The first-order chi connectivity index (χ1) is 17.1. The number of esters is 1. The normalized spacial score (nSPS) is 20.2. The minimum Gasteiger partial charge on any atom is -0.465 e. The lowest BCUT2D eigenvalue weighted by atomic mass is 9.69. The second-order valence-electron chi connectivity index (χ2n) is 8.43. The molecule has 6 nitrogen and oxygen atoms in total. The van der Waals surface area contributed by atoms with E-state index in [0.717, 1.165) is 22.4 Å². The summed E-state index contributed by atoms with van der Waals surface area (Å²) in [6.07, 6.45) is 0. The zero-order chi connectivity index (χ0) is 24.6. The third-order valence-corrected chi connectivity index (χ3v) is 6.61. The first-order valence-electron chi connectivity index (χ1n) is 11.3. The Balaban J connectivity index is 1.82. The van der Waals surface area contributed by atoms with Crippen LogP contribution in [-0.2, 0) is 9.53 Å². The number of anilines is 1. The topological polar surface area (TPSA) is 89.5 Å². The number of para-hydroxylation sites is 1. The average Bonchev–Trinajstić information content (AvgIpc) is 3.19. The van der Waals surface area contributed by atoms with Crippen molar-refractivity contribution in [2.24, 2.45) is 10.4 Å². The predicted octanol–water partition coefficient (Wildman–Crippen LogP) is 5.15. The van der Waals surface area contributed by atoms with Crippen molar-refractivity contribution in [2.45, 2.75) is 18.9 Å². The van der Waals surface area contributed by atoms with Crippen LogP contribution in [0.1, 0.15) is 30.0 Å². The number of amidine groups is 1. The van der Waals surface area contributed by atoms with E-state index in [9.17, 15) is 19.7 Å². The molecule has 0 N–H and O–H groups in total. The molecular weight excluding hydrogens is 443 g/mol. The monoisotopic (exact) mass is 464 g/mol. The highest BCUT2D eigenvalue weighted by Gasteiger charge is 2.62. The van der Waals surface area contributed by atoms with Gasteiger partial charge in [-0.1, -0.05) is 54.6 Å². The second-order valence-corrected chi connectivity index (χ2v) is 8.43. The summed E-state index contributed by atoms with van der Waals surface area (Å²) in [5.41, 5.74) is 2.47. The molecule has 0 aliphatic carbocycles. The molecule has 0 saturated carbocycles. The largest absolute Gasteiger partial charge is 0.465 e. The third kappa shape index (κ3) is 3.36. The molecule has 5 rings (SSSR count). The van der Waals surface area contributed by atoms with Crippen molar-refractivity contribution in [3.63, 3.8) is 0 Å². The van der Waals surface area contributed by atoms with Gasteiger partial charge in [0.25, 0.3) is 0 Å². The van der Waals surface area contributed by atoms with E-state index >= 15 is 0 Å². The molecule has 3 aromatic rings. The number of carbonyl (C=O) groups excluding carboxylic acids is 1. The number of benzene rings is 3. The number of nitriles is 2. The first kappa shape index (κ1) is 22.3. The molecule has 0 unspecified atom stereocenters. The smallest absolute Gasteiger partial charge is 0.327 e. The van der Waals surface area contributed by atoms with Crippen LogP contribution in [0.3, 0.4) is 0 Å². The van der Waals surface area contributed by atoms with E-state index in [1.807, 2.05) is 53.4 Å². The van der Waals surface area contributed by atoms with Crippen LogP contribution in [0.25, 0.3) is 11.1 Å². The molecule has 0 amide bonds. The minimum atomic E-state index is -1.59. The van der Waals surface area contributed by atoms with Gasteiger partial charge in [-0.25, -0.2) is 4.39 Å².